The fourth-order valence-electron chi connectivity index (χ4n) is 13.0. The Morgan fingerprint density at radius 1 is 0.779 bits per heavy atom. The van der Waals surface area contributed by atoms with Crippen LogP contribution in [0.15, 0.2) is 164 Å². The van der Waals surface area contributed by atoms with Crippen molar-refractivity contribution >= 4 is 60.5 Å². The highest BCUT2D eigenvalue weighted by Crippen LogP contribution is 2.52. The van der Waals surface area contributed by atoms with E-state index in [1.165, 1.54) is 72.7 Å². The molecule has 0 bridgehead atoms. The molecule has 2 amide bonds. The van der Waals surface area contributed by atoms with Crippen LogP contribution in [0.1, 0.15) is 119 Å². The number of rotatable bonds is 36. The highest BCUT2D eigenvalue weighted by molar-refractivity contribution is 7.44. The number of non-ortho nitro benzene ring substituents is 1. The third kappa shape index (κ3) is 19.0. The lowest BCUT2D eigenvalue weighted by molar-refractivity contribution is -0.384. The quantitative estimate of drug-likeness (QED) is 0.00625. The molecule has 28 heteroatoms. The molecule has 3 aliphatic heterocycles. The summed E-state index contributed by atoms with van der Waals surface area (Å²) < 4.78 is 60.1. The number of H-pyrrole nitrogens is 1. The molecule has 548 valence electrons. The molecule has 27 nitrogen and oxygen atoms in total. The van der Waals surface area contributed by atoms with Crippen LogP contribution in [0.3, 0.4) is 0 Å². The number of anilines is 1. The second kappa shape index (κ2) is 36.8. The Morgan fingerprint density at radius 3 is 2.03 bits per heavy atom. The van der Waals surface area contributed by atoms with Gasteiger partial charge in [0.2, 0.25) is 11.8 Å². The van der Waals surface area contributed by atoms with Gasteiger partial charge in [0.25, 0.3) is 19.8 Å². The van der Waals surface area contributed by atoms with Crippen molar-refractivity contribution in [2.75, 3.05) is 79.3 Å². The smallest absolute Gasteiger partial charge is 0.330 e. The van der Waals surface area contributed by atoms with Gasteiger partial charge in [-0.15, -0.1) is 15.3 Å². The van der Waals surface area contributed by atoms with Crippen molar-refractivity contribution in [1.29, 1.82) is 5.26 Å². The number of nitrogens with one attached hydrogen (secondary N) is 3. The van der Waals surface area contributed by atoms with Gasteiger partial charge in [-0.25, -0.2) is 9.46 Å². The van der Waals surface area contributed by atoms with Crippen molar-refractivity contribution < 1.29 is 56.7 Å². The van der Waals surface area contributed by atoms with Crippen molar-refractivity contribution in [2.45, 2.75) is 128 Å². The molecule has 3 aliphatic rings. The fourth-order valence-corrected chi connectivity index (χ4v) is 14.8. The van der Waals surface area contributed by atoms with Crippen LogP contribution in [0.5, 0.6) is 28.7 Å². The molecule has 6 aromatic carbocycles. The molecule has 104 heavy (non-hydrogen) atoms. The summed E-state index contributed by atoms with van der Waals surface area (Å²) >= 11 is 0. The number of azo groups is 2. The van der Waals surface area contributed by atoms with E-state index < -0.39 is 54.6 Å². The summed E-state index contributed by atoms with van der Waals surface area (Å²) in [6, 6.07) is 38.2. The zero-order chi connectivity index (χ0) is 73.7. The van der Waals surface area contributed by atoms with E-state index in [0.29, 0.717) is 77.4 Å². The maximum atomic E-state index is 13.9. The summed E-state index contributed by atoms with van der Waals surface area (Å²) in [7, 11) is 4.39. The number of carbonyl (C=O) groups excluding carboxylic acids is 2. The summed E-state index contributed by atoms with van der Waals surface area (Å²) in [5, 5.41) is 44.3. The van der Waals surface area contributed by atoms with Gasteiger partial charge in [0, 0.05) is 98.9 Å². The molecule has 10 rings (SSSR count). The Morgan fingerprint density at radius 2 is 1.40 bits per heavy atom. The Balaban J connectivity index is 0.761. The minimum Gasteiger partial charge on any atom is -0.497 e. The van der Waals surface area contributed by atoms with Gasteiger partial charge in [0.05, 0.1) is 83.0 Å². The number of methoxy groups -OCH3 is 4. The van der Waals surface area contributed by atoms with E-state index in [9.17, 15) is 34.6 Å². The number of carbonyl (C=O) groups is 2. The van der Waals surface area contributed by atoms with Crippen molar-refractivity contribution in [3.8, 4) is 34.8 Å². The number of nitro benzene ring substituents is 1. The van der Waals surface area contributed by atoms with Gasteiger partial charge in [-0.2, -0.15) is 10.4 Å². The summed E-state index contributed by atoms with van der Waals surface area (Å²) in [4.78, 5) is 69.2. The molecule has 0 radical (unpaired) electrons. The number of aromatic nitrogens is 2. The van der Waals surface area contributed by atoms with Gasteiger partial charge in [-0.3, -0.25) is 34.0 Å². The lowest BCUT2D eigenvalue weighted by Gasteiger charge is -2.39. The second-order valence-electron chi connectivity index (χ2n) is 25.5. The maximum absolute atomic E-state index is 13.9. The number of hydrogen-bond donors (Lipinski definition) is 3. The summed E-state index contributed by atoms with van der Waals surface area (Å²) in [6.07, 6.45) is 7.35. The molecule has 0 aliphatic carbocycles. The van der Waals surface area contributed by atoms with Crippen LogP contribution in [0.25, 0.3) is 6.08 Å². The van der Waals surface area contributed by atoms with E-state index in [1.807, 2.05) is 107 Å². The second-order valence-corrected chi connectivity index (χ2v) is 26.9. The van der Waals surface area contributed by atoms with E-state index >= 15 is 0 Å². The van der Waals surface area contributed by atoms with E-state index in [1.54, 1.807) is 26.4 Å². The zero-order valence-electron chi connectivity index (χ0n) is 59.8. The highest BCUT2D eigenvalue weighted by Gasteiger charge is 2.45. The summed E-state index contributed by atoms with van der Waals surface area (Å²) in [5.41, 5.74) is 4.80. The first-order chi connectivity index (χ1) is 50.4. The van der Waals surface area contributed by atoms with Gasteiger partial charge in [-0.05, 0) is 143 Å². The molecule has 1 saturated heterocycles. The number of nitriles is 1. The molecular formula is C76H89N12O15P. The summed E-state index contributed by atoms with van der Waals surface area (Å²) in [5.74, 6) is 1.97. The zero-order valence-corrected chi connectivity index (χ0v) is 60.7. The number of aryl methyl sites for hydroxylation is 1. The molecule has 0 saturated carbocycles. The Kier molecular flexibility index (Phi) is 27.0. The van der Waals surface area contributed by atoms with Gasteiger partial charge in [0.15, 0.2) is 5.75 Å². The number of benzene rings is 6. The number of ether oxygens (including phenoxy) is 7. The third-order valence-corrected chi connectivity index (χ3v) is 20.2. The highest BCUT2D eigenvalue weighted by atomic mass is 31.2. The predicted molar refractivity (Wildman–Crippen MR) is 394 cm³/mol. The van der Waals surface area contributed by atoms with E-state index in [4.69, 9.17) is 47.3 Å². The van der Waals surface area contributed by atoms with E-state index in [0.717, 1.165) is 61.0 Å². The number of aromatic amines is 1. The minimum absolute atomic E-state index is 0.00356. The number of unbranched alkanes of at least 4 members (excludes halogenated alkanes) is 2. The van der Waals surface area contributed by atoms with Gasteiger partial charge >= 0.3 is 5.69 Å². The van der Waals surface area contributed by atoms with Crippen LogP contribution < -0.4 is 50.5 Å². The number of nitro groups is 1. The van der Waals surface area contributed by atoms with Crippen molar-refractivity contribution in [1.82, 2.24) is 24.9 Å². The van der Waals surface area contributed by atoms with Crippen LogP contribution in [0.2, 0.25) is 0 Å². The minimum atomic E-state index is -1.82. The number of amides is 2. The van der Waals surface area contributed by atoms with Crippen LogP contribution in [0, 0.1) is 21.4 Å². The average Bonchev–Trinajstić information content (AvgIpc) is 0.872. The topological polar surface area (TPSA) is 319 Å². The molecule has 1 fully saturated rings. The van der Waals surface area contributed by atoms with Gasteiger partial charge in [0.1, 0.15) is 58.0 Å². The van der Waals surface area contributed by atoms with Gasteiger partial charge < -0.3 is 57.7 Å². The standard InChI is InChI=1S/C76H89N12O15P/c1-50(2)87(51(3)4)104(101-43-17-37-77)103-67-47-71(102-68(67)49-100-76(54-19-11-9-12-20-54,55-24-32-59(95-5)33-25-55)56-26-34-60(96-6)35-27-56)86-48-53(74(91)80-75(86)92)23-36-70(90)79-39-38-78-69(89)22-13-10-14-42-99-73-61-21-16-41-85-40-15-18-52(72(61)85)44-64(73)84-83-63-46-65(97-7)62(45-66(63)98-8)82-81-57-28-30-58(31-29-57)88(93)94/h9,11-12,19-20,23-36,44-46,48,50-51,67-68,71H,10,13-18,21-22,38-43,47,49H2,1-8H3,(H,78,89)(H,79,90)(H,80,91,92). The number of nitrogens with zero attached hydrogens (tertiary/aromatic N) is 9. The molecule has 7 aromatic rings. The van der Waals surface area contributed by atoms with Gasteiger partial charge in [-0.1, -0.05) is 54.6 Å². The lowest BCUT2D eigenvalue weighted by atomic mass is 9.80. The lowest BCUT2D eigenvalue weighted by Crippen LogP contribution is -2.39. The Bertz CT molecular complexity index is 4280. The molecular weight excluding hydrogens is 1350 g/mol. The van der Waals surface area contributed by atoms with Crippen molar-refractivity contribution in [3.63, 3.8) is 0 Å². The third-order valence-electron chi connectivity index (χ3n) is 18.0. The molecule has 4 atom stereocenters. The molecule has 3 N–H and O–H groups in total. The first-order valence-electron chi connectivity index (χ1n) is 34.8. The first-order valence-corrected chi connectivity index (χ1v) is 36.0. The molecule has 0 spiro atoms. The normalized spacial score (nSPS) is 16.1. The Hall–Kier alpha value is -10.2. The fraction of sp³-hybridized carbons (Fsp3) is 0.408. The predicted octanol–water partition coefficient (Wildman–Crippen LogP) is 13.9. The Labute approximate surface area is 605 Å². The molecule has 4 heterocycles. The van der Waals surface area contributed by atoms with Crippen LogP contribution in [-0.2, 0) is 46.6 Å². The van der Waals surface area contributed by atoms with Crippen molar-refractivity contribution in [2.24, 2.45) is 20.5 Å². The number of hydrogen-bond acceptors (Lipinski definition) is 22. The first kappa shape index (κ1) is 76.4. The van der Waals surface area contributed by atoms with Crippen LogP contribution in [-0.4, -0.2) is 130 Å². The summed E-state index contributed by atoms with van der Waals surface area (Å²) in [6.45, 7) is 10.7. The van der Waals surface area contributed by atoms with Crippen LogP contribution in [0.4, 0.5) is 34.1 Å². The monoisotopic (exact) mass is 1440 g/mol. The SMILES string of the molecule is COc1ccc(C(OCC2OC(n3cc(C=CC(=O)NCCNC(=O)CCCCCOc4c(N=Nc5cc(OC)c(N=Nc6ccc([N+](=O)[O-])cc6)cc5OC)cc5c6c4CCCN6CCC5)c(=O)[nH]c3=O)CC2OP(OCCC#N)N(C(C)C)C(C)C)(c2ccccc2)c2ccc(OC)cc2)cc1. The van der Waals surface area contributed by atoms with Crippen LogP contribution >= 0.6 is 8.53 Å². The van der Waals surface area contributed by atoms with E-state index in [2.05, 4.69) is 52.7 Å². The van der Waals surface area contributed by atoms with E-state index in [-0.39, 0.29) is 74.8 Å². The van der Waals surface area contributed by atoms with Crippen molar-refractivity contribution in [3.05, 3.63) is 198 Å². The maximum Gasteiger partial charge on any atom is 0.330 e. The average molecular weight is 1440 g/mol. The molecule has 1 aromatic heterocycles. The largest absolute Gasteiger partial charge is 0.497 e. The molecule has 4 unspecified atom stereocenters.